The van der Waals surface area contributed by atoms with Crippen LogP contribution in [0.1, 0.15) is 71.2 Å². The summed E-state index contributed by atoms with van der Waals surface area (Å²) < 4.78 is 27.9. The van der Waals surface area contributed by atoms with Crippen LogP contribution in [0.3, 0.4) is 0 Å². The van der Waals surface area contributed by atoms with E-state index < -0.39 is 15.9 Å². The van der Waals surface area contributed by atoms with Gasteiger partial charge in [-0.1, -0.05) is 37.5 Å². The lowest BCUT2D eigenvalue weighted by molar-refractivity contribution is 0.0938. The van der Waals surface area contributed by atoms with E-state index in [2.05, 4.69) is 10.6 Å². The number of nitrogens with zero attached hydrogens (tertiary/aromatic N) is 1. The molecule has 0 aromatic heterocycles. The van der Waals surface area contributed by atoms with Crippen LogP contribution in [0.5, 0.6) is 0 Å². The van der Waals surface area contributed by atoms with E-state index in [0.717, 1.165) is 44.9 Å². The Morgan fingerprint density at radius 1 is 0.909 bits per heavy atom. The van der Waals surface area contributed by atoms with Crippen LogP contribution in [-0.4, -0.2) is 43.7 Å². The Morgan fingerprint density at radius 2 is 1.61 bits per heavy atom. The fourth-order valence-electron chi connectivity index (χ4n) is 4.58. The van der Waals surface area contributed by atoms with Crippen LogP contribution in [-0.2, 0) is 10.0 Å². The third-order valence-corrected chi connectivity index (χ3v) is 8.53. The van der Waals surface area contributed by atoms with Crippen molar-refractivity contribution in [1.82, 2.24) is 9.62 Å². The number of rotatable bonds is 6. The molecule has 1 aliphatic carbocycles. The molecule has 2 aromatic rings. The van der Waals surface area contributed by atoms with Crippen molar-refractivity contribution in [1.29, 1.82) is 0 Å². The first-order valence-electron chi connectivity index (χ1n) is 11.7. The number of para-hydroxylation sites is 1. The van der Waals surface area contributed by atoms with Gasteiger partial charge in [0.15, 0.2) is 0 Å². The van der Waals surface area contributed by atoms with E-state index in [1.165, 1.54) is 10.4 Å². The Balaban J connectivity index is 1.55. The maximum absolute atomic E-state index is 13.2. The van der Waals surface area contributed by atoms with Crippen LogP contribution in [0.25, 0.3) is 0 Å². The van der Waals surface area contributed by atoms with Crippen molar-refractivity contribution >= 4 is 27.5 Å². The molecule has 2 aromatic carbocycles. The lowest BCUT2D eigenvalue weighted by Gasteiger charge is -2.26. The van der Waals surface area contributed by atoms with Gasteiger partial charge in [-0.2, -0.15) is 4.31 Å². The third-order valence-electron chi connectivity index (χ3n) is 6.49. The minimum absolute atomic E-state index is 0.157. The van der Waals surface area contributed by atoms with Gasteiger partial charge in [0, 0.05) is 24.7 Å². The standard InChI is InChI=1S/C25H31N3O4S/c1-18-13-14-19(17-23(18)33(31,32)28-15-7-2-8-16-28)24(29)27-22-12-6-5-11-21(22)25(30)26-20-9-3-4-10-20/h5-6,11-14,17,20H,2-4,7-10,15-16H2,1H3,(H,26,30)(H,27,29). The minimum atomic E-state index is -3.67. The van der Waals surface area contributed by atoms with Crippen LogP contribution in [0.2, 0.25) is 0 Å². The van der Waals surface area contributed by atoms with Gasteiger partial charge in [-0.3, -0.25) is 9.59 Å². The van der Waals surface area contributed by atoms with Crippen molar-refractivity contribution in [3.63, 3.8) is 0 Å². The number of hydrogen-bond acceptors (Lipinski definition) is 4. The number of piperidine rings is 1. The van der Waals surface area contributed by atoms with Gasteiger partial charge in [-0.15, -0.1) is 0 Å². The fourth-order valence-corrected chi connectivity index (χ4v) is 6.35. The van der Waals surface area contributed by atoms with Gasteiger partial charge in [0.1, 0.15) is 0 Å². The van der Waals surface area contributed by atoms with Crippen molar-refractivity contribution < 1.29 is 18.0 Å². The largest absolute Gasteiger partial charge is 0.349 e. The minimum Gasteiger partial charge on any atom is -0.349 e. The topological polar surface area (TPSA) is 95.6 Å². The lowest BCUT2D eigenvalue weighted by Crippen LogP contribution is -2.36. The molecule has 4 rings (SSSR count). The van der Waals surface area contributed by atoms with Gasteiger partial charge in [0.05, 0.1) is 16.1 Å². The molecule has 1 saturated heterocycles. The van der Waals surface area contributed by atoms with E-state index in [-0.39, 0.29) is 22.4 Å². The highest BCUT2D eigenvalue weighted by Crippen LogP contribution is 2.25. The molecule has 2 N–H and O–H groups in total. The molecule has 2 aliphatic rings. The predicted octanol–water partition coefficient (Wildman–Crippen LogP) is 4.09. The van der Waals surface area contributed by atoms with Crippen molar-refractivity contribution in [2.24, 2.45) is 0 Å². The molecule has 7 nitrogen and oxygen atoms in total. The summed E-state index contributed by atoms with van der Waals surface area (Å²) in [7, 11) is -3.67. The highest BCUT2D eigenvalue weighted by Gasteiger charge is 2.28. The molecular weight excluding hydrogens is 438 g/mol. The number of sulfonamides is 1. The van der Waals surface area contributed by atoms with Gasteiger partial charge in [0.25, 0.3) is 11.8 Å². The number of nitrogens with one attached hydrogen (secondary N) is 2. The molecule has 33 heavy (non-hydrogen) atoms. The molecule has 0 spiro atoms. The van der Waals surface area contributed by atoms with E-state index in [1.54, 1.807) is 43.3 Å². The molecule has 0 radical (unpaired) electrons. The summed E-state index contributed by atoms with van der Waals surface area (Å²) in [6, 6.07) is 11.8. The van der Waals surface area contributed by atoms with Crippen LogP contribution < -0.4 is 10.6 Å². The number of aryl methyl sites for hydroxylation is 1. The average Bonchev–Trinajstić information content (AvgIpc) is 3.33. The summed E-state index contributed by atoms with van der Waals surface area (Å²) in [5.74, 6) is -0.665. The SMILES string of the molecule is Cc1ccc(C(=O)Nc2ccccc2C(=O)NC2CCCC2)cc1S(=O)(=O)N1CCCCC1. The molecule has 1 aliphatic heterocycles. The number of hydrogen-bond donors (Lipinski definition) is 2. The first-order valence-corrected chi connectivity index (χ1v) is 13.1. The Morgan fingerprint density at radius 3 is 2.33 bits per heavy atom. The van der Waals surface area contributed by atoms with E-state index in [0.29, 0.717) is 29.9 Å². The fraction of sp³-hybridized carbons (Fsp3) is 0.440. The molecule has 176 valence electrons. The van der Waals surface area contributed by atoms with Gasteiger partial charge in [-0.05, 0) is 62.4 Å². The summed E-state index contributed by atoms with van der Waals surface area (Å²) in [6.07, 6.45) is 6.88. The lowest BCUT2D eigenvalue weighted by atomic mass is 10.1. The van der Waals surface area contributed by atoms with Crippen LogP contribution >= 0.6 is 0 Å². The molecule has 0 atom stereocenters. The predicted molar refractivity (Wildman–Crippen MR) is 128 cm³/mol. The number of carbonyl (C=O) groups excluding carboxylic acids is 2. The zero-order valence-corrected chi connectivity index (χ0v) is 19.8. The van der Waals surface area contributed by atoms with Gasteiger partial charge < -0.3 is 10.6 Å². The van der Waals surface area contributed by atoms with Gasteiger partial charge >= 0.3 is 0 Å². The Labute approximate surface area is 195 Å². The third kappa shape index (κ3) is 5.28. The van der Waals surface area contributed by atoms with Crippen molar-refractivity contribution in [3.8, 4) is 0 Å². The molecule has 8 heteroatoms. The smallest absolute Gasteiger partial charge is 0.255 e. The Kier molecular flexibility index (Phi) is 7.14. The number of carbonyl (C=O) groups is 2. The highest BCUT2D eigenvalue weighted by atomic mass is 32.2. The molecule has 2 fully saturated rings. The first kappa shape index (κ1) is 23.4. The van der Waals surface area contributed by atoms with Gasteiger partial charge in [-0.25, -0.2) is 8.42 Å². The van der Waals surface area contributed by atoms with Crippen LogP contribution in [0.4, 0.5) is 5.69 Å². The summed E-state index contributed by atoms with van der Waals surface area (Å²) in [4.78, 5) is 26.0. The average molecular weight is 470 g/mol. The summed E-state index contributed by atoms with van der Waals surface area (Å²) in [5, 5.41) is 5.85. The molecule has 1 saturated carbocycles. The Hall–Kier alpha value is -2.71. The monoisotopic (exact) mass is 469 g/mol. The van der Waals surface area contributed by atoms with Crippen molar-refractivity contribution in [3.05, 3.63) is 59.2 Å². The zero-order valence-electron chi connectivity index (χ0n) is 19.0. The second kappa shape index (κ2) is 10.1. The molecule has 0 bridgehead atoms. The number of amides is 2. The van der Waals surface area contributed by atoms with Crippen molar-refractivity contribution in [2.75, 3.05) is 18.4 Å². The zero-order chi connectivity index (χ0) is 23.4. The van der Waals surface area contributed by atoms with Crippen molar-refractivity contribution in [2.45, 2.75) is 62.8 Å². The first-order chi connectivity index (χ1) is 15.9. The molecule has 1 heterocycles. The molecular formula is C25H31N3O4S. The van der Waals surface area contributed by atoms with E-state index in [9.17, 15) is 18.0 Å². The second-order valence-corrected chi connectivity index (χ2v) is 10.8. The van der Waals surface area contributed by atoms with E-state index in [1.807, 2.05) is 0 Å². The van der Waals surface area contributed by atoms with Crippen LogP contribution in [0, 0.1) is 6.92 Å². The van der Waals surface area contributed by atoms with Crippen LogP contribution in [0.15, 0.2) is 47.4 Å². The number of benzene rings is 2. The summed E-state index contributed by atoms with van der Waals surface area (Å²) >= 11 is 0. The second-order valence-electron chi connectivity index (χ2n) is 8.90. The highest BCUT2D eigenvalue weighted by molar-refractivity contribution is 7.89. The Bertz CT molecular complexity index is 1130. The normalized spacial score (nSPS) is 17.6. The summed E-state index contributed by atoms with van der Waals surface area (Å²) in [5.41, 5.74) is 1.64. The maximum Gasteiger partial charge on any atom is 0.255 e. The van der Waals surface area contributed by atoms with E-state index in [4.69, 9.17) is 0 Å². The molecule has 2 amide bonds. The number of anilines is 1. The summed E-state index contributed by atoms with van der Waals surface area (Å²) in [6.45, 7) is 2.74. The van der Waals surface area contributed by atoms with Gasteiger partial charge in [0.2, 0.25) is 10.0 Å². The maximum atomic E-state index is 13.2. The van der Waals surface area contributed by atoms with E-state index >= 15 is 0 Å². The quantitative estimate of drug-likeness (QED) is 0.666. The molecule has 0 unspecified atom stereocenters.